The summed E-state index contributed by atoms with van der Waals surface area (Å²) in [6.07, 6.45) is 0. The van der Waals surface area contributed by atoms with E-state index < -0.39 is 4.92 Å². The number of non-ortho nitro benzene ring substituents is 1. The van der Waals surface area contributed by atoms with Gasteiger partial charge in [-0.3, -0.25) is 10.1 Å². The van der Waals surface area contributed by atoms with Crippen molar-refractivity contribution in [2.45, 2.75) is 27.1 Å². The van der Waals surface area contributed by atoms with E-state index in [9.17, 15) is 15.2 Å². The Bertz CT molecular complexity index is 570. The molecule has 0 spiro atoms. The third-order valence-corrected chi connectivity index (χ3v) is 2.66. The molecule has 2 aromatic rings. The third-order valence-electron chi connectivity index (χ3n) is 2.66. The van der Waals surface area contributed by atoms with Gasteiger partial charge >= 0.3 is 0 Å². The summed E-state index contributed by atoms with van der Waals surface area (Å²) in [4.78, 5) is 10.1. The molecule has 0 saturated carbocycles. The minimum atomic E-state index is -0.500. The molecule has 0 unspecified atom stereocenters. The van der Waals surface area contributed by atoms with E-state index in [1.807, 2.05) is 44.2 Å². The SMILES string of the molecule is CC.O=[N+]([O-])c1ccc(OCc2ccccc2)c(CO)c1. The zero-order valence-electron chi connectivity index (χ0n) is 12.2. The average molecular weight is 289 g/mol. The highest BCUT2D eigenvalue weighted by molar-refractivity contribution is 5.43. The average Bonchev–Trinajstić information content (AvgIpc) is 2.55. The van der Waals surface area contributed by atoms with Gasteiger partial charge in [-0.15, -0.1) is 0 Å². The lowest BCUT2D eigenvalue weighted by atomic mass is 10.2. The summed E-state index contributed by atoms with van der Waals surface area (Å²) in [5, 5.41) is 19.9. The van der Waals surface area contributed by atoms with Crippen molar-refractivity contribution in [3.05, 3.63) is 69.8 Å². The number of aliphatic hydroxyl groups excluding tert-OH is 1. The molecule has 0 aliphatic heterocycles. The van der Waals surface area contributed by atoms with Crippen LogP contribution in [0.15, 0.2) is 48.5 Å². The molecule has 1 N–H and O–H groups in total. The number of nitro benzene ring substituents is 1. The van der Waals surface area contributed by atoms with Gasteiger partial charge in [0.25, 0.3) is 5.69 Å². The van der Waals surface area contributed by atoms with E-state index in [2.05, 4.69) is 0 Å². The molecule has 0 fully saturated rings. The number of ether oxygens (including phenoxy) is 1. The van der Waals surface area contributed by atoms with Gasteiger partial charge < -0.3 is 9.84 Å². The first-order valence-electron chi connectivity index (χ1n) is 6.75. The molecule has 0 radical (unpaired) electrons. The fraction of sp³-hybridized carbons (Fsp3) is 0.250. The Morgan fingerprint density at radius 1 is 1.14 bits per heavy atom. The van der Waals surface area contributed by atoms with Crippen molar-refractivity contribution in [1.29, 1.82) is 0 Å². The molecule has 0 aliphatic rings. The Labute approximate surface area is 124 Å². The Morgan fingerprint density at radius 2 is 1.81 bits per heavy atom. The Kier molecular flexibility index (Phi) is 6.91. The monoisotopic (exact) mass is 289 g/mol. The predicted octanol–water partition coefficient (Wildman–Crippen LogP) is 3.69. The lowest BCUT2D eigenvalue weighted by Gasteiger charge is -2.09. The molecule has 0 aromatic heterocycles. The number of hydrogen-bond acceptors (Lipinski definition) is 4. The van der Waals surface area contributed by atoms with Crippen molar-refractivity contribution in [3.63, 3.8) is 0 Å². The molecule has 21 heavy (non-hydrogen) atoms. The highest BCUT2D eigenvalue weighted by Gasteiger charge is 2.11. The number of rotatable bonds is 5. The van der Waals surface area contributed by atoms with Gasteiger partial charge in [0.05, 0.1) is 11.5 Å². The van der Waals surface area contributed by atoms with Gasteiger partial charge in [0.15, 0.2) is 0 Å². The van der Waals surface area contributed by atoms with Gasteiger partial charge in [-0.25, -0.2) is 0 Å². The zero-order chi connectivity index (χ0) is 15.7. The topological polar surface area (TPSA) is 72.6 Å². The predicted molar refractivity (Wildman–Crippen MR) is 81.1 cm³/mol. The van der Waals surface area contributed by atoms with E-state index in [4.69, 9.17) is 4.74 Å². The standard InChI is InChI=1S/C14H13NO4.C2H6/c16-9-12-8-13(15(17)18)6-7-14(12)19-10-11-4-2-1-3-5-11;1-2/h1-8,16H,9-10H2;1-2H3. The van der Waals surface area contributed by atoms with Crippen molar-refractivity contribution >= 4 is 5.69 Å². The van der Waals surface area contributed by atoms with Crippen molar-refractivity contribution in [2.75, 3.05) is 0 Å². The second-order valence-corrected chi connectivity index (χ2v) is 3.98. The third kappa shape index (κ3) is 4.89. The highest BCUT2D eigenvalue weighted by Crippen LogP contribution is 2.25. The van der Waals surface area contributed by atoms with Gasteiger partial charge in [0.1, 0.15) is 12.4 Å². The summed E-state index contributed by atoms with van der Waals surface area (Å²) in [6, 6.07) is 13.7. The van der Waals surface area contributed by atoms with Crippen LogP contribution in [0, 0.1) is 10.1 Å². The molecule has 5 heteroatoms. The summed E-state index contributed by atoms with van der Waals surface area (Å²) in [6.45, 7) is 4.05. The first-order chi connectivity index (χ1) is 10.2. The second-order valence-electron chi connectivity index (χ2n) is 3.98. The van der Waals surface area contributed by atoms with Gasteiger partial charge in [-0.05, 0) is 11.6 Å². The van der Waals surface area contributed by atoms with Gasteiger partial charge in [0, 0.05) is 17.7 Å². The van der Waals surface area contributed by atoms with Crippen molar-refractivity contribution in [3.8, 4) is 5.75 Å². The van der Waals surface area contributed by atoms with Gasteiger partial charge in [-0.1, -0.05) is 44.2 Å². The van der Waals surface area contributed by atoms with E-state index >= 15 is 0 Å². The van der Waals surface area contributed by atoms with Crippen LogP contribution in [0.5, 0.6) is 5.75 Å². The lowest BCUT2D eigenvalue weighted by molar-refractivity contribution is -0.385. The maximum atomic E-state index is 10.6. The Hall–Kier alpha value is -2.40. The number of nitrogens with zero attached hydrogens (tertiary/aromatic N) is 1. The maximum absolute atomic E-state index is 10.6. The van der Waals surface area contributed by atoms with Crippen molar-refractivity contribution in [2.24, 2.45) is 0 Å². The summed E-state index contributed by atoms with van der Waals surface area (Å²) in [5.74, 6) is 0.456. The molecule has 0 aliphatic carbocycles. The molecule has 0 amide bonds. The first-order valence-corrected chi connectivity index (χ1v) is 6.75. The van der Waals surface area contributed by atoms with Crippen LogP contribution >= 0.6 is 0 Å². The molecular formula is C16H19NO4. The van der Waals surface area contributed by atoms with Crippen LogP contribution in [0.3, 0.4) is 0 Å². The van der Waals surface area contributed by atoms with E-state index in [0.29, 0.717) is 17.9 Å². The number of hydrogen-bond donors (Lipinski definition) is 1. The van der Waals surface area contributed by atoms with Crippen LogP contribution < -0.4 is 4.74 Å². The van der Waals surface area contributed by atoms with Gasteiger partial charge in [-0.2, -0.15) is 0 Å². The summed E-state index contributed by atoms with van der Waals surface area (Å²) in [5.41, 5.74) is 1.34. The van der Waals surface area contributed by atoms with Crippen LogP contribution in [0.4, 0.5) is 5.69 Å². The van der Waals surface area contributed by atoms with Crippen molar-refractivity contribution in [1.82, 2.24) is 0 Å². The van der Waals surface area contributed by atoms with Crippen LogP contribution in [-0.2, 0) is 13.2 Å². The molecule has 0 bridgehead atoms. The number of benzene rings is 2. The normalized spacial score (nSPS) is 9.48. The molecule has 0 saturated heterocycles. The summed E-state index contributed by atoms with van der Waals surface area (Å²) >= 11 is 0. The number of nitro groups is 1. The van der Waals surface area contributed by atoms with E-state index in [-0.39, 0.29) is 12.3 Å². The van der Waals surface area contributed by atoms with Crippen LogP contribution in [0.2, 0.25) is 0 Å². The van der Waals surface area contributed by atoms with Crippen LogP contribution in [0.25, 0.3) is 0 Å². The summed E-state index contributed by atoms with van der Waals surface area (Å²) < 4.78 is 5.57. The molecule has 2 aromatic carbocycles. The Morgan fingerprint density at radius 3 is 2.38 bits per heavy atom. The van der Waals surface area contributed by atoms with Crippen LogP contribution in [-0.4, -0.2) is 10.0 Å². The minimum Gasteiger partial charge on any atom is -0.489 e. The molecule has 5 nitrogen and oxygen atoms in total. The second kappa shape index (κ2) is 8.71. The minimum absolute atomic E-state index is 0.0592. The smallest absolute Gasteiger partial charge is 0.270 e. The van der Waals surface area contributed by atoms with E-state index in [1.165, 1.54) is 18.2 Å². The van der Waals surface area contributed by atoms with Gasteiger partial charge in [0.2, 0.25) is 0 Å². The number of aliphatic hydroxyl groups is 1. The quantitative estimate of drug-likeness (QED) is 0.673. The van der Waals surface area contributed by atoms with Crippen molar-refractivity contribution < 1.29 is 14.8 Å². The zero-order valence-corrected chi connectivity index (χ0v) is 12.2. The maximum Gasteiger partial charge on any atom is 0.270 e. The lowest BCUT2D eigenvalue weighted by Crippen LogP contribution is -1.99. The molecule has 0 heterocycles. The first kappa shape index (κ1) is 16.7. The highest BCUT2D eigenvalue weighted by atomic mass is 16.6. The molecule has 112 valence electrons. The fourth-order valence-electron chi connectivity index (χ4n) is 1.68. The Balaban J connectivity index is 0.00000106. The molecule has 0 atom stereocenters. The van der Waals surface area contributed by atoms with E-state index in [0.717, 1.165) is 5.56 Å². The molecule has 2 rings (SSSR count). The van der Waals surface area contributed by atoms with E-state index in [1.54, 1.807) is 0 Å². The largest absolute Gasteiger partial charge is 0.489 e. The fourth-order valence-corrected chi connectivity index (χ4v) is 1.68. The molecular weight excluding hydrogens is 270 g/mol. The summed E-state index contributed by atoms with van der Waals surface area (Å²) in [7, 11) is 0. The van der Waals surface area contributed by atoms with Crippen LogP contribution in [0.1, 0.15) is 25.0 Å².